The molecule has 1 saturated carbocycles. The van der Waals surface area contributed by atoms with Gasteiger partial charge in [-0.1, -0.05) is 6.07 Å². The zero-order valence-electron chi connectivity index (χ0n) is 17.6. The number of nitrogens with one attached hydrogen (secondary N) is 3. The fourth-order valence-corrected chi connectivity index (χ4v) is 4.19. The molecule has 2 fully saturated rings. The van der Waals surface area contributed by atoms with Gasteiger partial charge in [0.15, 0.2) is 0 Å². The van der Waals surface area contributed by atoms with Crippen molar-refractivity contribution in [3.05, 3.63) is 46.9 Å². The van der Waals surface area contributed by atoms with E-state index in [9.17, 15) is 40.3 Å². The Balaban J connectivity index is 1.63. The molecule has 5 nitrogen and oxygen atoms in total. The summed E-state index contributed by atoms with van der Waals surface area (Å²) in [6.45, 7) is 0.411. The van der Waals surface area contributed by atoms with Crippen molar-refractivity contribution >= 4 is 11.8 Å². The minimum absolute atomic E-state index is 0.0181. The molecule has 184 valence electrons. The molecule has 12 heteroatoms. The molecule has 1 aliphatic heterocycles. The van der Waals surface area contributed by atoms with E-state index in [1.807, 2.05) is 0 Å². The van der Waals surface area contributed by atoms with E-state index in [2.05, 4.69) is 15.6 Å². The smallest absolute Gasteiger partial charge is 0.357 e. The van der Waals surface area contributed by atoms with Crippen LogP contribution in [-0.2, 0) is 27.6 Å². The van der Waals surface area contributed by atoms with Crippen LogP contribution in [-0.4, -0.2) is 35.6 Å². The predicted molar refractivity (Wildman–Crippen MR) is 106 cm³/mol. The Hall–Kier alpha value is -3.05. The topological polar surface area (TPSA) is 74.0 Å². The van der Waals surface area contributed by atoms with E-state index in [-0.39, 0.29) is 54.1 Å². The fraction of sp³-hybridized carbons (Fsp3) is 0.455. The highest BCUT2D eigenvalue weighted by Crippen LogP contribution is 2.59. The summed E-state index contributed by atoms with van der Waals surface area (Å²) in [5, 5.41) is 5.10. The van der Waals surface area contributed by atoms with Crippen molar-refractivity contribution in [2.45, 2.75) is 55.9 Å². The molecule has 4 rings (SSSR count). The Kier molecular flexibility index (Phi) is 5.89. The summed E-state index contributed by atoms with van der Waals surface area (Å²) in [7, 11) is 0. The number of aromatic nitrogens is 1. The summed E-state index contributed by atoms with van der Waals surface area (Å²) < 4.78 is 93.9. The summed E-state index contributed by atoms with van der Waals surface area (Å²) >= 11 is 0. The zero-order chi connectivity index (χ0) is 24.9. The number of hydrogen-bond acceptors (Lipinski definition) is 2. The van der Waals surface area contributed by atoms with Crippen LogP contribution in [0.5, 0.6) is 0 Å². The number of carbonyl (C=O) groups is 2. The molecule has 1 aliphatic carbocycles. The lowest BCUT2D eigenvalue weighted by atomic mass is 9.99. The molecule has 2 heterocycles. The van der Waals surface area contributed by atoms with Crippen molar-refractivity contribution in [2.24, 2.45) is 0 Å². The normalized spacial score (nSPS) is 19.7. The Labute approximate surface area is 189 Å². The molecule has 0 spiro atoms. The number of benzene rings is 1. The summed E-state index contributed by atoms with van der Waals surface area (Å²) in [5.41, 5.74) is -3.59. The van der Waals surface area contributed by atoms with Gasteiger partial charge >= 0.3 is 12.4 Å². The van der Waals surface area contributed by atoms with Crippen molar-refractivity contribution in [3.63, 3.8) is 0 Å². The summed E-state index contributed by atoms with van der Waals surface area (Å²) in [5.74, 6) is -2.40. The van der Waals surface area contributed by atoms with Gasteiger partial charge in [-0.05, 0) is 49.4 Å². The van der Waals surface area contributed by atoms with Gasteiger partial charge < -0.3 is 15.6 Å². The third-order valence-electron chi connectivity index (χ3n) is 6.28. The van der Waals surface area contributed by atoms with Crippen molar-refractivity contribution in [3.8, 4) is 11.3 Å². The number of amides is 2. The standard InChI is InChI=1S/C22H20F7N3O2/c23-14-9-11(1-3-13(14)21(24,25)26)18-12(2-4-17(33)31-15-5-8-30-19(15)34)10-16(32-18)20(6-7-20)22(27,28)29/h1,3,9-10,15,32H,2,4-8H2,(H,30,34)(H,31,33). The zero-order valence-corrected chi connectivity index (χ0v) is 17.6. The maximum absolute atomic E-state index is 14.2. The van der Waals surface area contributed by atoms with Crippen molar-refractivity contribution in [2.75, 3.05) is 6.54 Å². The van der Waals surface area contributed by atoms with Gasteiger partial charge in [0.2, 0.25) is 11.8 Å². The average molecular weight is 491 g/mol. The molecule has 1 aromatic carbocycles. The molecule has 2 amide bonds. The lowest BCUT2D eigenvalue weighted by molar-refractivity contribution is -0.161. The lowest BCUT2D eigenvalue weighted by Crippen LogP contribution is -2.40. The van der Waals surface area contributed by atoms with Crippen LogP contribution in [0.4, 0.5) is 30.7 Å². The number of aryl methyl sites for hydroxylation is 1. The first kappa shape index (κ1) is 24.1. The van der Waals surface area contributed by atoms with Crippen molar-refractivity contribution in [1.29, 1.82) is 0 Å². The molecule has 1 unspecified atom stereocenters. The van der Waals surface area contributed by atoms with Gasteiger partial charge in [0, 0.05) is 29.9 Å². The van der Waals surface area contributed by atoms with Crippen LogP contribution in [0, 0.1) is 5.82 Å². The Morgan fingerprint density at radius 3 is 2.35 bits per heavy atom. The monoisotopic (exact) mass is 491 g/mol. The Morgan fingerprint density at radius 2 is 1.82 bits per heavy atom. The number of hydrogen-bond donors (Lipinski definition) is 3. The van der Waals surface area contributed by atoms with Crippen molar-refractivity contribution < 1.29 is 40.3 Å². The minimum atomic E-state index is -4.93. The van der Waals surface area contributed by atoms with Crippen LogP contribution in [0.2, 0.25) is 0 Å². The Bertz CT molecular complexity index is 1120. The van der Waals surface area contributed by atoms with E-state index in [0.29, 0.717) is 25.1 Å². The van der Waals surface area contributed by atoms with Gasteiger partial charge in [0.05, 0.1) is 5.56 Å². The number of H-pyrrole nitrogens is 1. The number of rotatable bonds is 6. The number of alkyl halides is 6. The molecule has 0 bridgehead atoms. The van der Waals surface area contributed by atoms with Crippen LogP contribution in [0.15, 0.2) is 24.3 Å². The second kappa shape index (κ2) is 8.31. The minimum Gasteiger partial charge on any atom is -0.357 e. The summed E-state index contributed by atoms with van der Waals surface area (Å²) in [6.07, 6.45) is -9.64. The number of carbonyl (C=O) groups excluding carboxylic acids is 2. The highest BCUT2D eigenvalue weighted by Gasteiger charge is 2.65. The first-order valence-corrected chi connectivity index (χ1v) is 10.5. The van der Waals surface area contributed by atoms with E-state index >= 15 is 0 Å². The molecule has 34 heavy (non-hydrogen) atoms. The van der Waals surface area contributed by atoms with Gasteiger partial charge in [-0.3, -0.25) is 9.59 Å². The summed E-state index contributed by atoms with van der Waals surface area (Å²) in [6, 6.07) is 2.65. The van der Waals surface area contributed by atoms with Crippen LogP contribution < -0.4 is 10.6 Å². The third kappa shape index (κ3) is 4.49. The SMILES string of the molecule is O=C(CCc1cc(C2(C(F)(F)F)CC2)[nH]c1-c1ccc(C(F)(F)F)c(F)c1)NC1CCNC1=O. The molecule has 2 aromatic rings. The number of aromatic amines is 1. The molecular formula is C22H20F7N3O2. The molecule has 1 saturated heterocycles. The van der Waals surface area contributed by atoms with E-state index in [1.54, 1.807) is 0 Å². The van der Waals surface area contributed by atoms with E-state index < -0.39 is 41.1 Å². The van der Waals surface area contributed by atoms with Crippen molar-refractivity contribution in [1.82, 2.24) is 15.6 Å². The highest BCUT2D eigenvalue weighted by atomic mass is 19.4. The second-order valence-corrected chi connectivity index (χ2v) is 8.56. The van der Waals surface area contributed by atoms with Crippen LogP contribution >= 0.6 is 0 Å². The fourth-order valence-electron chi connectivity index (χ4n) is 4.19. The Morgan fingerprint density at radius 1 is 1.12 bits per heavy atom. The summed E-state index contributed by atoms with van der Waals surface area (Å²) in [4.78, 5) is 26.5. The third-order valence-corrected chi connectivity index (χ3v) is 6.28. The van der Waals surface area contributed by atoms with E-state index in [4.69, 9.17) is 0 Å². The maximum Gasteiger partial charge on any atom is 0.419 e. The lowest BCUT2D eigenvalue weighted by Gasteiger charge is -2.17. The van der Waals surface area contributed by atoms with Gasteiger partial charge in [-0.15, -0.1) is 0 Å². The van der Waals surface area contributed by atoms with Gasteiger partial charge in [-0.25, -0.2) is 4.39 Å². The molecular weight excluding hydrogens is 471 g/mol. The molecule has 2 aliphatic rings. The van der Waals surface area contributed by atoms with Gasteiger partial charge in [0.25, 0.3) is 0 Å². The van der Waals surface area contributed by atoms with Crippen LogP contribution in [0.3, 0.4) is 0 Å². The largest absolute Gasteiger partial charge is 0.419 e. The molecule has 0 radical (unpaired) electrons. The first-order valence-electron chi connectivity index (χ1n) is 10.5. The number of halogens is 7. The van der Waals surface area contributed by atoms with E-state index in [0.717, 1.165) is 6.07 Å². The first-order chi connectivity index (χ1) is 15.8. The quantitative estimate of drug-likeness (QED) is 0.525. The maximum atomic E-state index is 14.2. The van der Waals surface area contributed by atoms with E-state index in [1.165, 1.54) is 6.07 Å². The van der Waals surface area contributed by atoms with Crippen LogP contribution in [0.1, 0.15) is 42.5 Å². The molecule has 3 N–H and O–H groups in total. The molecule has 1 aromatic heterocycles. The van der Waals surface area contributed by atoms with Crippen LogP contribution in [0.25, 0.3) is 11.3 Å². The van der Waals surface area contributed by atoms with Gasteiger partial charge in [0.1, 0.15) is 17.3 Å². The average Bonchev–Trinajstić information content (AvgIpc) is 3.31. The molecule has 1 atom stereocenters. The second-order valence-electron chi connectivity index (χ2n) is 8.56. The van der Waals surface area contributed by atoms with Gasteiger partial charge in [-0.2, -0.15) is 26.3 Å². The predicted octanol–water partition coefficient (Wildman–Crippen LogP) is 4.37. The highest BCUT2D eigenvalue weighted by molar-refractivity contribution is 5.89.